The lowest BCUT2D eigenvalue weighted by molar-refractivity contribution is 0.206. The molecule has 0 unspecified atom stereocenters. The molecule has 0 saturated heterocycles. The highest BCUT2D eigenvalue weighted by atomic mass is 14.9. The highest BCUT2D eigenvalue weighted by Crippen LogP contribution is 2.35. The van der Waals surface area contributed by atoms with Gasteiger partial charge in [0.1, 0.15) is 0 Å². The van der Waals surface area contributed by atoms with Gasteiger partial charge in [-0.05, 0) is 53.5 Å². The average Bonchev–Trinajstić information content (AvgIpc) is 2.46. The molecule has 1 aliphatic carbocycles. The van der Waals surface area contributed by atoms with Crippen LogP contribution in [-0.4, -0.2) is 6.04 Å². The molecule has 0 atom stereocenters. The molecular weight excluding hydrogens is 242 g/mol. The van der Waals surface area contributed by atoms with Gasteiger partial charge in [0.15, 0.2) is 0 Å². The first-order chi connectivity index (χ1) is 9.62. The molecule has 1 saturated carbocycles. The monoisotopic (exact) mass is 267 g/mol. The van der Waals surface area contributed by atoms with Crippen LogP contribution in [0.1, 0.15) is 45.1 Å². The quantitative estimate of drug-likeness (QED) is 0.834. The Bertz CT molecular complexity index is 575. The van der Waals surface area contributed by atoms with Gasteiger partial charge in [0.2, 0.25) is 0 Å². The van der Waals surface area contributed by atoms with E-state index in [-0.39, 0.29) is 0 Å². The molecule has 0 aromatic heterocycles. The van der Waals surface area contributed by atoms with Gasteiger partial charge in [-0.25, -0.2) is 0 Å². The second-order valence-corrected chi connectivity index (χ2v) is 7.00. The molecule has 0 amide bonds. The summed E-state index contributed by atoms with van der Waals surface area (Å²) in [5.41, 5.74) is 1.95. The molecule has 0 radical (unpaired) electrons. The molecule has 2 aromatic carbocycles. The van der Waals surface area contributed by atoms with Crippen molar-refractivity contribution in [1.29, 1.82) is 0 Å². The Balaban J connectivity index is 1.60. The van der Waals surface area contributed by atoms with E-state index in [1.165, 1.54) is 42.0 Å². The fourth-order valence-corrected chi connectivity index (χ4v) is 3.21. The SMILES string of the molecule is CC1(C)CCC(NCc2ccc3ccccc3c2)CC1. The molecular formula is C19H25N. The molecule has 0 bridgehead atoms. The highest BCUT2D eigenvalue weighted by molar-refractivity contribution is 5.82. The molecule has 106 valence electrons. The number of rotatable bonds is 3. The van der Waals surface area contributed by atoms with E-state index < -0.39 is 0 Å². The van der Waals surface area contributed by atoms with Gasteiger partial charge in [0.25, 0.3) is 0 Å². The summed E-state index contributed by atoms with van der Waals surface area (Å²) in [5, 5.41) is 6.41. The van der Waals surface area contributed by atoms with Crippen LogP contribution in [-0.2, 0) is 6.54 Å². The summed E-state index contributed by atoms with van der Waals surface area (Å²) in [5.74, 6) is 0. The Hall–Kier alpha value is -1.34. The molecule has 1 aliphatic rings. The second kappa shape index (κ2) is 5.57. The van der Waals surface area contributed by atoms with Crippen LogP contribution in [0.2, 0.25) is 0 Å². The summed E-state index contributed by atoms with van der Waals surface area (Å²) in [6.07, 6.45) is 5.34. The van der Waals surface area contributed by atoms with Crippen LogP contribution in [0.3, 0.4) is 0 Å². The van der Waals surface area contributed by atoms with Gasteiger partial charge in [-0.1, -0.05) is 50.2 Å². The molecule has 20 heavy (non-hydrogen) atoms. The molecule has 1 N–H and O–H groups in total. The first-order valence-corrected chi connectivity index (χ1v) is 7.83. The molecule has 0 aliphatic heterocycles. The van der Waals surface area contributed by atoms with Crippen LogP contribution in [0.25, 0.3) is 10.8 Å². The molecule has 1 fully saturated rings. The number of fused-ring (bicyclic) bond motifs is 1. The lowest BCUT2D eigenvalue weighted by atomic mass is 9.75. The van der Waals surface area contributed by atoms with Crippen molar-refractivity contribution in [3.05, 3.63) is 48.0 Å². The van der Waals surface area contributed by atoms with Crippen LogP contribution < -0.4 is 5.32 Å². The van der Waals surface area contributed by atoms with Crippen molar-refractivity contribution in [2.45, 2.75) is 52.1 Å². The van der Waals surface area contributed by atoms with Gasteiger partial charge < -0.3 is 5.32 Å². The standard InChI is InChI=1S/C19H25N/c1-19(2)11-9-18(10-12-19)20-14-15-7-8-16-5-3-4-6-17(16)13-15/h3-8,13,18,20H,9-12,14H2,1-2H3. The van der Waals surface area contributed by atoms with Gasteiger partial charge >= 0.3 is 0 Å². The molecule has 0 heterocycles. The Morgan fingerprint density at radius 1 is 1.00 bits per heavy atom. The fraction of sp³-hybridized carbons (Fsp3) is 0.474. The van der Waals surface area contributed by atoms with E-state index in [2.05, 4.69) is 61.6 Å². The van der Waals surface area contributed by atoms with Gasteiger partial charge in [0.05, 0.1) is 0 Å². The summed E-state index contributed by atoms with van der Waals surface area (Å²) >= 11 is 0. The van der Waals surface area contributed by atoms with Crippen LogP contribution in [0, 0.1) is 5.41 Å². The molecule has 3 rings (SSSR count). The van der Waals surface area contributed by atoms with E-state index in [0.29, 0.717) is 11.5 Å². The Morgan fingerprint density at radius 2 is 1.70 bits per heavy atom. The Morgan fingerprint density at radius 3 is 2.45 bits per heavy atom. The first kappa shape index (κ1) is 13.6. The maximum absolute atomic E-state index is 3.74. The minimum absolute atomic E-state index is 0.557. The lowest BCUT2D eigenvalue weighted by Crippen LogP contribution is -2.35. The zero-order valence-electron chi connectivity index (χ0n) is 12.7. The number of benzene rings is 2. The van der Waals surface area contributed by atoms with Crippen molar-refractivity contribution < 1.29 is 0 Å². The van der Waals surface area contributed by atoms with Crippen molar-refractivity contribution in [3.8, 4) is 0 Å². The van der Waals surface area contributed by atoms with Gasteiger partial charge in [-0.3, -0.25) is 0 Å². The smallest absolute Gasteiger partial charge is 0.0208 e. The number of nitrogens with one attached hydrogen (secondary N) is 1. The number of hydrogen-bond acceptors (Lipinski definition) is 1. The summed E-state index contributed by atoms with van der Waals surface area (Å²) in [6, 6.07) is 16.1. The largest absolute Gasteiger partial charge is 0.310 e. The second-order valence-electron chi connectivity index (χ2n) is 7.00. The van der Waals surface area contributed by atoms with E-state index in [0.717, 1.165) is 6.54 Å². The third-order valence-electron chi connectivity index (χ3n) is 4.75. The third-order valence-corrected chi connectivity index (χ3v) is 4.75. The Kier molecular flexibility index (Phi) is 3.80. The van der Waals surface area contributed by atoms with Crippen LogP contribution in [0.5, 0.6) is 0 Å². The van der Waals surface area contributed by atoms with E-state index in [4.69, 9.17) is 0 Å². The fourth-order valence-electron chi connectivity index (χ4n) is 3.21. The normalized spacial score (nSPS) is 19.3. The van der Waals surface area contributed by atoms with E-state index in [9.17, 15) is 0 Å². The van der Waals surface area contributed by atoms with Crippen LogP contribution in [0.15, 0.2) is 42.5 Å². The predicted octanol–water partition coefficient (Wildman–Crippen LogP) is 4.90. The van der Waals surface area contributed by atoms with E-state index in [1.54, 1.807) is 0 Å². The highest BCUT2D eigenvalue weighted by Gasteiger charge is 2.26. The van der Waals surface area contributed by atoms with E-state index in [1.807, 2.05) is 0 Å². The number of hydrogen-bond donors (Lipinski definition) is 1. The average molecular weight is 267 g/mol. The first-order valence-electron chi connectivity index (χ1n) is 7.83. The lowest BCUT2D eigenvalue weighted by Gasteiger charge is -2.34. The van der Waals surface area contributed by atoms with E-state index >= 15 is 0 Å². The summed E-state index contributed by atoms with van der Waals surface area (Å²) < 4.78 is 0. The zero-order valence-corrected chi connectivity index (χ0v) is 12.7. The minimum Gasteiger partial charge on any atom is -0.310 e. The zero-order chi connectivity index (χ0) is 14.0. The van der Waals surface area contributed by atoms with Crippen molar-refractivity contribution >= 4 is 10.8 Å². The summed E-state index contributed by atoms with van der Waals surface area (Å²) in [7, 11) is 0. The topological polar surface area (TPSA) is 12.0 Å². The minimum atomic E-state index is 0.557. The Labute approximate surface area is 122 Å². The molecule has 1 nitrogen and oxygen atoms in total. The maximum Gasteiger partial charge on any atom is 0.0208 e. The van der Waals surface area contributed by atoms with Crippen molar-refractivity contribution in [1.82, 2.24) is 5.32 Å². The molecule has 2 aromatic rings. The summed E-state index contributed by atoms with van der Waals surface area (Å²) in [4.78, 5) is 0. The van der Waals surface area contributed by atoms with Crippen molar-refractivity contribution in [2.24, 2.45) is 5.41 Å². The van der Waals surface area contributed by atoms with Gasteiger partial charge in [0, 0.05) is 12.6 Å². The van der Waals surface area contributed by atoms with Crippen LogP contribution >= 0.6 is 0 Å². The van der Waals surface area contributed by atoms with Crippen molar-refractivity contribution in [3.63, 3.8) is 0 Å². The van der Waals surface area contributed by atoms with Crippen molar-refractivity contribution in [2.75, 3.05) is 0 Å². The maximum atomic E-state index is 3.74. The third kappa shape index (κ3) is 3.21. The van der Waals surface area contributed by atoms with Gasteiger partial charge in [-0.2, -0.15) is 0 Å². The van der Waals surface area contributed by atoms with Crippen LogP contribution in [0.4, 0.5) is 0 Å². The molecule has 0 spiro atoms. The summed E-state index contributed by atoms with van der Waals surface area (Å²) in [6.45, 7) is 5.79. The van der Waals surface area contributed by atoms with Gasteiger partial charge in [-0.15, -0.1) is 0 Å². The molecule has 1 heteroatoms. The predicted molar refractivity (Wildman–Crippen MR) is 86.8 cm³/mol.